The quantitative estimate of drug-likeness (QED) is 0.444. The summed E-state index contributed by atoms with van der Waals surface area (Å²) in [6.07, 6.45) is 2.72. The molecule has 2 rings (SSSR count). The molecule has 0 aliphatic carbocycles. The molecule has 2 aromatic rings. The zero-order chi connectivity index (χ0) is 18.4. The molecule has 0 bridgehead atoms. The van der Waals surface area contributed by atoms with Crippen molar-refractivity contribution in [3.8, 4) is 5.75 Å². The summed E-state index contributed by atoms with van der Waals surface area (Å²) >= 11 is 0. The number of nitrogens with zero attached hydrogens (tertiary/aromatic N) is 1. The Balaban J connectivity index is 2.20. The number of methoxy groups -OCH3 is 1. The smallest absolute Gasteiger partial charge is 0.357 e. The van der Waals surface area contributed by atoms with Crippen molar-refractivity contribution in [3.05, 3.63) is 66.5 Å². The van der Waals surface area contributed by atoms with E-state index in [1.165, 1.54) is 19.3 Å². The number of rotatable bonds is 6. The van der Waals surface area contributed by atoms with Crippen molar-refractivity contribution >= 4 is 23.8 Å². The molecule has 0 unspecified atom stereocenters. The van der Waals surface area contributed by atoms with Gasteiger partial charge in [0.05, 0.1) is 12.0 Å². The van der Waals surface area contributed by atoms with E-state index in [1.54, 1.807) is 29.2 Å². The molecule has 10 heteroatoms. The standard InChI is InChI=1S/C15H13N3O7/c1-24-12(19)8-25-10-5-2-9(3-6-10)4-7-11-13(18(22)23)14(20)17-15(21)16-11/h2-7H,8H2,1H3,(H2,16,17,20,21)/b7-4+. The molecule has 1 heterocycles. The second-order valence-corrected chi connectivity index (χ2v) is 4.69. The van der Waals surface area contributed by atoms with E-state index in [2.05, 4.69) is 9.72 Å². The Hall–Kier alpha value is -3.69. The van der Waals surface area contributed by atoms with E-state index in [9.17, 15) is 24.5 Å². The van der Waals surface area contributed by atoms with Crippen molar-refractivity contribution in [1.29, 1.82) is 0 Å². The average Bonchev–Trinajstić information content (AvgIpc) is 2.57. The molecule has 0 spiro atoms. The number of hydrogen-bond donors (Lipinski definition) is 2. The SMILES string of the molecule is COC(=O)COc1ccc(/C=C/c2[nH]c(=O)[nH]c(=O)c2[N+](=O)[O-])cc1. The van der Waals surface area contributed by atoms with Gasteiger partial charge in [-0.1, -0.05) is 18.2 Å². The van der Waals surface area contributed by atoms with E-state index < -0.39 is 27.8 Å². The van der Waals surface area contributed by atoms with Crippen LogP contribution in [-0.4, -0.2) is 34.6 Å². The Morgan fingerprint density at radius 2 is 1.88 bits per heavy atom. The topological polar surface area (TPSA) is 144 Å². The predicted molar refractivity (Wildman–Crippen MR) is 87.2 cm³/mol. The van der Waals surface area contributed by atoms with Gasteiger partial charge in [0.1, 0.15) is 11.4 Å². The van der Waals surface area contributed by atoms with Crippen LogP contribution >= 0.6 is 0 Å². The average molecular weight is 347 g/mol. The van der Waals surface area contributed by atoms with Crippen LogP contribution in [0.15, 0.2) is 33.9 Å². The Morgan fingerprint density at radius 1 is 1.20 bits per heavy atom. The molecule has 0 atom stereocenters. The van der Waals surface area contributed by atoms with Gasteiger partial charge < -0.3 is 14.5 Å². The summed E-state index contributed by atoms with van der Waals surface area (Å²) in [6, 6.07) is 6.41. The van der Waals surface area contributed by atoms with Crippen LogP contribution in [0.2, 0.25) is 0 Å². The van der Waals surface area contributed by atoms with Crippen LogP contribution in [0.4, 0.5) is 5.69 Å². The van der Waals surface area contributed by atoms with E-state index in [-0.39, 0.29) is 12.3 Å². The number of esters is 1. The van der Waals surface area contributed by atoms with Gasteiger partial charge in [-0.15, -0.1) is 0 Å². The summed E-state index contributed by atoms with van der Waals surface area (Å²) < 4.78 is 9.62. The number of nitro groups is 1. The summed E-state index contributed by atoms with van der Waals surface area (Å²) in [6.45, 7) is -0.230. The molecule has 0 saturated heterocycles. The highest BCUT2D eigenvalue weighted by Crippen LogP contribution is 2.16. The van der Waals surface area contributed by atoms with Crippen LogP contribution < -0.4 is 16.0 Å². The molecule has 25 heavy (non-hydrogen) atoms. The van der Waals surface area contributed by atoms with Gasteiger partial charge in [-0.3, -0.25) is 19.9 Å². The second-order valence-electron chi connectivity index (χ2n) is 4.69. The summed E-state index contributed by atoms with van der Waals surface area (Å²) in [4.78, 5) is 47.8. The number of ether oxygens (including phenoxy) is 2. The highest BCUT2D eigenvalue weighted by molar-refractivity contribution is 5.72. The number of carbonyl (C=O) groups is 1. The highest BCUT2D eigenvalue weighted by Gasteiger charge is 2.18. The van der Waals surface area contributed by atoms with E-state index in [4.69, 9.17) is 4.74 Å². The van der Waals surface area contributed by atoms with Gasteiger partial charge in [-0.25, -0.2) is 9.59 Å². The van der Waals surface area contributed by atoms with Gasteiger partial charge in [0.15, 0.2) is 6.61 Å². The third kappa shape index (κ3) is 4.64. The number of aromatic amines is 2. The maximum Gasteiger partial charge on any atom is 0.357 e. The van der Waals surface area contributed by atoms with Crippen LogP contribution in [0, 0.1) is 10.1 Å². The fourth-order valence-electron chi connectivity index (χ4n) is 1.86. The van der Waals surface area contributed by atoms with Crippen molar-refractivity contribution in [2.45, 2.75) is 0 Å². The molecule has 0 amide bonds. The molecule has 0 fully saturated rings. The van der Waals surface area contributed by atoms with Crippen LogP contribution in [0.3, 0.4) is 0 Å². The van der Waals surface area contributed by atoms with E-state index in [1.807, 2.05) is 0 Å². The lowest BCUT2D eigenvalue weighted by Crippen LogP contribution is -2.25. The minimum Gasteiger partial charge on any atom is -0.482 e. The molecule has 10 nitrogen and oxygen atoms in total. The summed E-state index contributed by atoms with van der Waals surface area (Å²) in [5.74, 6) is -0.0902. The summed E-state index contributed by atoms with van der Waals surface area (Å²) in [5, 5.41) is 10.9. The maximum atomic E-state index is 11.5. The van der Waals surface area contributed by atoms with E-state index >= 15 is 0 Å². The molecule has 0 radical (unpaired) electrons. The molecule has 2 N–H and O–H groups in total. The first-order valence-corrected chi connectivity index (χ1v) is 6.89. The lowest BCUT2D eigenvalue weighted by molar-refractivity contribution is -0.386. The minimum absolute atomic E-state index is 0.218. The molecule has 0 aliphatic heterocycles. The fourth-order valence-corrected chi connectivity index (χ4v) is 1.86. The molecule has 1 aromatic carbocycles. The van der Waals surface area contributed by atoms with Gasteiger partial charge in [-0.05, 0) is 23.8 Å². The lowest BCUT2D eigenvalue weighted by atomic mass is 10.2. The van der Waals surface area contributed by atoms with Gasteiger partial charge in [0, 0.05) is 0 Å². The first-order chi connectivity index (χ1) is 11.9. The van der Waals surface area contributed by atoms with Crippen LogP contribution in [0.5, 0.6) is 5.75 Å². The Bertz CT molecular complexity index is 925. The zero-order valence-electron chi connectivity index (χ0n) is 13.0. The van der Waals surface area contributed by atoms with E-state index in [0.717, 1.165) is 0 Å². The van der Waals surface area contributed by atoms with Crippen molar-refractivity contribution in [2.24, 2.45) is 0 Å². The molecular weight excluding hydrogens is 334 g/mol. The summed E-state index contributed by atoms with van der Waals surface area (Å²) in [7, 11) is 1.25. The van der Waals surface area contributed by atoms with Crippen molar-refractivity contribution < 1.29 is 19.2 Å². The van der Waals surface area contributed by atoms with Gasteiger partial charge in [-0.2, -0.15) is 0 Å². The number of carbonyl (C=O) groups excluding carboxylic acids is 1. The lowest BCUT2D eigenvalue weighted by Gasteiger charge is -2.04. The molecule has 0 aliphatic rings. The van der Waals surface area contributed by atoms with Gasteiger partial charge in [0.25, 0.3) is 0 Å². The van der Waals surface area contributed by atoms with Crippen LogP contribution in [0.25, 0.3) is 12.2 Å². The minimum atomic E-state index is -1.08. The van der Waals surface area contributed by atoms with Gasteiger partial charge in [0.2, 0.25) is 0 Å². The van der Waals surface area contributed by atoms with Crippen molar-refractivity contribution in [1.82, 2.24) is 9.97 Å². The van der Waals surface area contributed by atoms with Crippen LogP contribution in [-0.2, 0) is 9.53 Å². The number of benzene rings is 1. The number of hydrogen-bond acceptors (Lipinski definition) is 7. The third-order valence-corrected chi connectivity index (χ3v) is 3.03. The normalized spacial score (nSPS) is 10.6. The summed E-state index contributed by atoms with van der Waals surface area (Å²) in [5.41, 5.74) is -2.28. The molecular formula is C15H13N3O7. The zero-order valence-corrected chi connectivity index (χ0v) is 13.0. The highest BCUT2D eigenvalue weighted by atomic mass is 16.6. The molecule has 0 saturated carbocycles. The molecule has 1 aromatic heterocycles. The molecule has 130 valence electrons. The van der Waals surface area contributed by atoms with E-state index in [0.29, 0.717) is 11.3 Å². The van der Waals surface area contributed by atoms with Crippen LogP contribution in [0.1, 0.15) is 11.3 Å². The van der Waals surface area contributed by atoms with Crippen molar-refractivity contribution in [3.63, 3.8) is 0 Å². The number of nitrogens with one attached hydrogen (secondary N) is 2. The first-order valence-electron chi connectivity index (χ1n) is 6.89. The van der Waals surface area contributed by atoms with Gasteiger partial charge >= 0.3 is 22.9 Å². The Kier molecular flexibility index (Phi) is 5.46. The number of aromatic nitrogens is 2. The Labute approximate surface area is 139 Å². The van der Waals surface area contributed by atoms with Crippen molar-refractivity contribution in [2.75, 3.05) is 13.7 Å². The first kappa shape index (κ1) is 17.7. The Morgan fingerprint density at radius 3 is 2.48 bits per heavy atom. The largest absolute Gasteiger partial charge is 0.482 e. The monoisotopic (exact) mass is 347 g/mol. The number of H-pyrrole nitrogens is 2. The maximum absolute atomic E-state index is 11.5. The fraction of sp³-hybridized carbons (Fsp3) is 0.133. The predicted octanol–water partition coefficient (Wildman–Crippen LogP) is 0.694. The second kappa shape index (κ2) is 7.73. The third-order valence-electron chi connectivity index (χ3n) is 3.03.